The number of amides is 1. The molecule has 3 rings (SSSR count). The molecule has 0 atom stereocenters. The Morgan fingerprint density at radius 1 is 1.58 bits per heavy atom. The molecule has 1 saturated carbocycles. The molecule has 1 fully saturated rings. The average Bonchev–Trinajstić information content (AvgIpc) is 2.57. The lowest BCUT2D eigenvalue weighted by Crippen LogP contribution is -2.25. The topological polar surface area (TPSA) is 29.1 Å². The van der Waals surface area contributed by atoms with E-state index in [4.69, 9.17) is 0 Å². The highest BCUT2D eigenvalue weighted by molar-refractivity contribution is 7.10. The molecular weight excluding hydrogens is 170 g/mol. The maximum atomic E-state index is 11.5. The van der Waals surface area contributed by atoms with E-state index in [9.17, 15) is 4.79 Å². The Bertz CT molecular complexity index is 376. The molecule has 1 aromatic rings. The quantitative estimate of drug-likeness (QED) is 0.646. The van der Waals surface area contributed by atoms with Crippen molar-refractivity contribution in [1.82, 2.24) is 5.32 Å². The van der Waals surface area contributed by atoms with Crippen LogP contribution < -0.4 is 5.32 Å². The standard InChI is InChI=1S/C9H9NOS/c1-5-4-12-7-6(5)8(11)10-9(7)2-3-9/h4H,2-3H2,1H3,(H,10,11). The molecule has 1 amide bonds. The molecule has 0 bridgehead atoms. The zero-order chi connectivity index (χ0) is 8.34. The molecule has 0 aromatic carbocycles. The fraction of sp³-hybridized carbons (Fsp3) is 0.444. The number of fused-ring (bicyclic) bond motifs is 2. The predicted octanol–water partition coefficient (Wildman–Crippen LogP) is 1.79. The van der Waals surface area contributed by atoms with E-state index in [1.54, 1.807) is 11.3 Å². The summed E-state index contributed by atoms with van der Waals surface area (Å²) >= 11 is 1.73. The van der Waals surface area contributed by atoms with E-state index in [2.05, 4.69) is 10.7 Å². The van der Waals surface area contributed by atoms with Crippen molar-refractivity contribution < 1.29 is 4.79 Å². The Morgan fingerprint density at radius 3 is 3.00 bits per heavy atom. The maximum Gasteiger partial charge on any atom is 0.253 e. The molecule has 3 heteroatoms. The number of carbonyl (C=O) groups is 1. The number of hydrogen-bond acceptors (Lipinski definition) is 2. The van der Waals surface area contributed by atoms with Crippen LogP contribution in [0, 0.1) is 6.92 Å². The van der Waals surface area contributed by atoms with E-state index in [1.165, 1.54) is 4.88 Å². The molecule has 1 aliphatic carbocycles. The summed E-state index contributed by atoms with van der Waals surface area (Å²) in [5.74, 6) is 0.140. The molecule has 2 nitrogen and oxygen atoms in total. The second kappa shape index (κ2) is 1.74. The molecule has 62 valence electrons. The Labute approximate surface area is 74.6 Å². The summed E-state index contributed by atoms with van der Waals surface area (Å²) in [6, 6.07) is 0. The molecule has 0 unspecified atom stereocenters. The summed E-state index contributed by atoms with van der Waals surface area (Å²) in [5, 5.41) is 5.15. The number of thiophene rings is 1. The third-order valence-electron chi connectivity index (χ3n) is 2.74. The van der Waals surface area contributed by atoms with Crippen molar-refractivity contribution in [2.75, 3.05) is 0 Å². The molecule has 2 aliphatic rings. The second-order valence-electron chi connectivity index (χ2n) is 3.66. The first kappa shape index (κ1) is 6.66. The number of nitrogens with one attached hydrogen (secondary N) is 1. The minimum Gasteiger partial charge on any atom is -0.342 e. The van der Waals surface area contributed by atoms with Gasteiger partial charge in [-0.15, -0.1) is 11.3 Å². The van der Waals surface area contributed by atoms with Crippen LogP contribution in [0.2, 0.25) is 0 Å². The average molecular weight is 179 g/mol. The van der Waals surface area contributed by atoms with Crippen molar-refractivity contribution in [2.45, 2.75) is 25.3 Å². The van der Waals surface area contributed by atoms with Gasteiger partial charge in [0.2, 0.25) is 0 Å². The molecule has 0 saturated heterocycles. The van der Waals surface area contributed by atoms with Gasteiger partial charge < -0.3 is 5.32 Å². The summed E-state index contributed by atoms with van der Waals surface area (Å²) in [5.41, 5.74) is 2.18. The summed E-state index contributed by atoms with van der Waals surface area (Å²) in [6.07, 6.45) is 2.26. The lowest BCUT2D eigenvalue weighted by molar-refractivity contribution is 0.0952. The molecule has 1 aromatic heterocycles. The second-order valence-corrected chi connectivity index (χ2v) is 4.54. The monoisotopic (exact) mass is 179 g/mol. The Hall–Kier alpha value is -0.830. The number of hydrogen-bond donors (Lipinski definition) is 1. The van der Waals surface area contributed by atoms with Crippen LogP contribution in [0.15, 0.2) is 5.38 Å². The minimum atomic E-state index is 0.0886. The first-order chi connectivity index (χ1) is 5.73. The van der Waals surface area contributed by atoms with Gasteiger partial charge in [0.05, 0.1) is 11.1 Å². The maximum absolute atomic E-state index is 11.5. The first-order valence-corrected chi connectivity index (χ1v) is 5.02. The Kier molecular flexibility index (Phi) is 0.966. The summed E-state index contributed by atoms with van der Waals surface area (Å²) < 4.78 is 0. The lowest BCUT2D eigenvalue weighted by Gasteiger charge is -2.04. The van der Waals surface area contributed by atoms with Crippen molar-refractivity contribution >= 4 is 17.2 Å². The van der Waals surface area contributed by atoms with E-state index in [1.807, 2.05) is 6.92 Å². The fourth-order valence-electron chi connectivity index (χ4n) is 1.89. The van der Waals surface area contributed by atoms with Crippen LogP contribution in [0.4, 0.5) is 0 Å². The highest BCUT2D eigenvalue weighted by Crippen LogP contribution is 2.53. The van der Waals surface area contributed by atoms with Gasteiger partial charge in [0, 0.05) is 4.88 Å². The van der Waals surface area contributed by atoms with Gasteiger partial charge in [-0.25, -0.2) is 0 Å². The van der Waals surface area contributed by atoms with Crippen molar-refractivity contribution in [1.29, 1.82) is 0 Å². The minimum absolute atomic E-state index is 0.0886. The fourth-order valence-corrected chi connectivity index (χ4v) is 3.16. The van der Waals surface area contributed by atoms with Gasteiger partial charge in [-0.1, -0.05) is 0 Å². The number of aryl methyl sites for hydroxylation is 1. The zero-order valence-electron chi connectivity index (χ0n) is 6.81. The van der Waals surface area contributed by atoms with Crippen LogP contribution in [0.25, 0.3) is 0 Å². The van der Waals surface area contributed by atoms with Crippen LogP contribution in [-0.2, 0) is 5.54 Å². The first-order valence-electron chi connectivity index (χ1n) is 4.14. The SMILES string of the molecule is Cc1csc2c1C(=O)NC21CC1. The van der Waals surface area contributed by atoms with Gasteiger partial charge >= 0.3 is 0 Å². The molecule has 12 heavy (non-hydrogen) atoms. The van der Waals surface area contributed by atoms with Gasteiger partial charge in [-0.05, 0) is 30.7 Å². The molecule has 1 spiro atoms. The van der Waals surface area contributed by atoms with E-state index in [-0.39, 0.29) is 11.4 Å². The number of carbonyl (C=O) groups excluding carboxylic acids is 1. The van der Waals surface area contributed by atoms with Gasteiger partial charge in [0.15, 0.2) is 0 Å². The third kappa shape index (κ3) is 0.591. The lowest BCUT2D eigenvalue weighted by atomic mass is 10.1. The normalized spacial score (nSPS) is 22.6. The van der Waals surface area contributed by atoms with E-state index < -0.39 is 0 Å². The van der Waals surface area contributed by atoms with Crippen molar-refractivity contribution in [3.63, 3.8) is 0 Å². The van der Waals surface area contributed by atoms with Crippen LogP contribution in [0.1, 0.15) is 33.6 Å². The molecular formula is C9H9NOS. The van der Waals surface area contributed by atoms with Crippen molar-refractivity contribution in [2.24, 2.45) is 0 Å². The van der Waals surface area contributed by atoms with Gasteiger partial charge in [-0.3, -0.25) is 4.79 Å². The summed E-state index contributed by atoms with van der Waals surface area (Å²) in [4.78, 5) is 12.8. The van der Waals surface area contributed by atoms with Crippen LogP contribution >= 0.6 is 11.3 Å². The predicted molar refractivity (Wildman–Crippen MR) is 47.4 cm³/mol. The summed E-state index contributed by atoms with van der Waals surface area (Å²) in [6.45, 7) is 2.01. The van der Waals surface area contributed by atoms with E-state index >= 15 is 0 Å². The molecule has 2 heterocycles. The van der Waals surface area contributed by atoms with Gasteiger partial charge in [-0.2, -0.15) is 0 Å². The Balaban J connectivity index is 2.29. The zero-order valence-corrected chi connectivity index (χ0v) is 7.62. The van der Waals surface area contributed by atoms with Crippen LogP contribution in [0.5, 0.6) is 0 Å². The Morgan fingerprint density at radius 2 is 2.33 bits per heavy atom. The van der Waals surface area contributed by atoms with Crippen LogP contribution in [-0.4, -0.2) is 5.91 Å². The smallest absolute Gasteiger partial charge is 0.253 e. The van der Waals surface area contributed by atoms with Crippen molar-refractivity contribution in [3.05, 3.63) is 21.4 Å². The highest BCUT2D eigenvalue weighted by Gasteiger charge is 2.53. The number of rotatable bonds is 0. The van der Waals surface area contributed by atoms with Crippen LogP contribution in [0.3, 0.4) is 0 Å². The van der Waals surface area contributed by atoms with Gasteiger partial charge in [0.25, 0.3) is 5.91 Å². The highest BCUT2D eigenvalue weighted by atomic mass is 32.1. The van der Waals surface area contributed by atoms with Crippen molar-refractivity contribution in [3.8, 4) is 0 Å². The largest absolute Gasteiger partial charge is 0.342 e. The third-order valence-corrected chi connectivity index (χ3v) is 4.04. The molecule has 1 aliphatic heterocycles. The van der Waals surface area contributed by atoms with Gasteiger partial charge in [0.1, 0.15) is 0 Å². The van der Waals surface area contributed by atoms with E-state index in [0.717, 1.165) is 24.0 Å². The van der Waals surface area contributed by atoms with E-state index in [0.29, 0.717) is 0 Å². The molecule has 0 radical (unpaired) electrons. The molecule has 1 N–H and O–H groups in total. The summed E-state index contributed by atoms with van der Waals surface area (Å²) in [7, 11) is 0.